The van der Waals surface area contributed by atoms with Crippen molar-refractivity contribution in [1.82, 2.24) is 0 Å². The second kappa shape index (κ2) is 1.29. The normalized spacial score (nSPS) is 24.0. The average molecular weight is 170 g/mol. The Kier molecular flexibility index (Phi) is 0.964. The van der Waals surface area contributed by atoms with E-state index in [0.717, 1.165) is 0 Å². The molecule has 1 fully saturated rings. The molecule has 0 N–H and O–H groups in total. The van der Waals surface area contributed by atoms with E-state index in [4.69, 9.17) is 0 Å². The van der Waals surface area contributed by atoms with Crippen LogP contribution in [0.15, 0.2) is 0 Å². The predicted molar refractivity (Wildman–Crippen MR) is 20.0 cm³/mol. The molecule has 0 aliphatic carbocycles. The van der Waals surface area contributed by atoms with Gasteiger partial charge in [-0.05, 0) is 0 Å². The maximum absolute atomic E-state index is 1.63. The molecule has 0 spiro atoms. The van der Waals surface area contributed by atoms with Gasteiger partial charge in [0.1, 0.15) is 0 Å². The van der Waals surface area contributed by atoms with Crippen LogP contribution in [0.4, 0.5) is 0 Å². The molecule has 0 aromatic rings. The molecule has 1 rings (SSSR count). The second-order valence-corrected chi connectivity index (χ2v) is 4.46. The second-order valence-electron chi connectivity index (χ2n) is 0.966. The fourth-order valence-electron chi connectivity index (χ4n) is 0.144. The quantitative estimate of drug-likeness (QED) is 0.474. The summed E-state index contributed by atoms with van der Waals surface area (Å²) in [6, 6.07) is 0. The van der Waals surface area contributed by atoms with Crippen molar-refractivity contribution in [2.75, 3.05) is 0 Å². The van der Waals surface area contributed by atoms with Crippen molar-refractivity contribution in [2.24, 2.45) is 0 Å². The van der Waals surface area contributed by atoms with Gasteiger partial charge in [0.05, 0.1) is 0 Å². The summed E-state index contributed by atoms with van der Waals surface area (Å²) in [5, 5.41) is 0. The van der Waals surface area contributed by atoms with Crippen molar-refractivity contribution in [3.05, 3.63) is 0 Å². The Labute approximate surface area is 36.7 Å². The Morgan fingerprint density at radius 2 is 1.50 bits per heavy atom. The molecule has 0 unspecified atom stereocenters. The van der Waals surface area contributed by atoms with Crippen LogP contribution in [0.3, 0.4) is 0 Å². The first kappa shape index (κ1) is 3.00. The van der Waals surface area contributed by atoms with Gasteiger partial charge in [-0.3, -0.25) is 0 Å². The predicted octanol–water partition coefficient (Wildman–Crippen LogP) is 0.931. The third kappa shape index (κ3) is 0.389. The van der Waals surface area contributed by atoms with Gasteiger partial charge >= 0.3 is 36.3 Å². The molecule has 24 valence electrons. The van der Waals surface area contributed by atoms with E-state index in [-0.39, 0.29) is 0 Å². The van der Waals surface area contributed by atoms with Crippen LogP contribution in [0.2, 0.25) is 8.94 Å². The van der Waals surface area contributed by atoms with Crippen LogP contribution in [0.5, 0.6) is 0 Å². The Morgan fingerprint density at radius 1 is 1.25 bits per heavy atom. The molecule has 1 aliphatic rings. The summed E-state index contributed by atoms with van der Waals surface area (Å²) in [6.45, 7) is 0. The molecule has 4 heavy (non-hydrogen) atoms. The van der Waals surface area contributed by atoms with Gasteiger partial charge in [-0.1, -0.05) is 0 Å². The van der Waals surface area contributed by atoms with Crippen molar-refractivity contribution >= 4 is 20.9 Å². The number of hydrogen-bond acceptors (Lipinski definition) is 0. The Balaban J connectivity index is 2.00. The molecule has 0 amide bonds. The molecule has 0 bridgehead atoms. The van der Waals surface area contributed by atoms with Gasteiger partial charge in [-0.15, -0.1) is 0 Å². The topological polar surface area (TPSA) is 0 Å². The van der Waals surface area contributed by atoms with Gasteiger partial charge in [0.2, 0.25) is 0 Å². The monoisotopic (exact) mass is 172 g/mol. The van der Waals surface area contributed by atoms with Gasteiger partial charge in [-0.2, -0.15) is 0 Å². The van der Waals surface area contributed by atoms with E-state index >= 15 is 0 Å². The summed E-state index contributed by atoms with van der Waals surface area (Å²) in [7, 11) is 0. The van der Waals surface area contributed by atoms with Crippen LogP contribution in [0.25, 0.3) is 0 Å². The van der Waals surface area contributed by atoms with Crippen LogP contribution in [0.1, 0.15) is 6.42 Å². The van der Waals surface area contributed by atoms with Crippen molar-refractivity contribution < 1.29 is 0 Å². The van der Waals surface area contributed by atoms with E-state index < -0.39 is 0 Å². The molecule has 1 heterocycles. The first-order valence-corrected chi connectivity index (χ1v) is 4.87. The van der Waals surface area contributed by atoms with Gasteiger partial charge in [0.25, 0.3) is 0 Å². The molecule has 1 heteroatoms. The summed E-state index contributed by atoms with van der Waals surface area (Å²) in [5.41, 5.74) is 0. The molecular formula is C3H6Te. The van der Waals surface area contributed by atoms with E-state index in [1.807, 2.05) is 0 Å². The summed E-state index contributed by atoms with van der Waals surface area (Å²) < 4.78 is 3.26. The van der Waals surface area contributed by atoms with Crippen molar-refractivity contribution in [3.8, 4) is 0 Å². The molecule has 0 atom stereocenters. The van der Waals surface area contributed by atoms with Crippen molar-refractivity contribution in [1.29, 1.82) is 0 Å². The summed E-state index contributed by atoms with van der Waals surface area (Å²) in [5.74, 6) is 0. The van der Waals surface area contributed by atoms with Gasteiger partial charge in [0.15, 0.2) is 0 Å². The van der Waals surface area contributed by atoms with Crippen LogP contribution in [0, 0.1) is 0 Å². The van der Waals surface area contributed by atoms with Crippen molar-refractivity contribution in [3.63, 3.8) is 0 Å². The first-order chi connectivity index (χ1) is 2.00. The van der Waals surface area contributed by atoms with Gasteiger partial charge < -0.3 is 0 Å². The molecule has 0 nitrogen and oxygen atoms in total. The van der Waals surface area contributed by atoms with Crippen LogP contribution < -0.4 is 0 Å². The molecular weight excluding hydrogens is 164 g/mol. The molecule has 1 aliphatic heterocycles. The minimum absolute atomic E-state index is 0.662. The van der Waals surface area contributed by atoms with E-state index in [9.17, 15) is 0 Å². The fourth-order valence-corrected chi connectivity index (χ4v) is 0.968. The summed E-state index contributed by atoms with van der Waals surface area (Å²) in [4.78, 5) is 0. The molecule has 0 saturated carbocycles. The Morgan fingerprint density at radius 3 is 1.50 bits per heavy atom. The zero-order chi connectivity index (χ0) is 2.83. The van der Waals surface area contributed by atoms with Crippen LogP contribution in [-0.4, -0.2) is 20.9 Å². The molecule has 0 aromatic heterocycles. The maximum atomic E-state index is 1.63. The third-order valence-corrected chi connectivity index (χ3v) is 3.87. The zero-order valence-corrected chi connectivity index (χ0v) is 4.86. The SMILES string of the molecule is C1C[Te]C1. The van der Waals surface area contributed by atoms with Crippen LogP contribution in [-0.2, 0) is 0 Å². The average Bonchev–Trinajstić information content (AvgIpc) is 0.722. The zero-order valence-electron chi connectivity index (χ0n) is 2.53. The van der Waals surface area contributed by atoms with Crippen molar-refractivity contribution in [2.45, 2.75) is 15.4 Å². The van der Waals surface area contributed by atoms with Gasteiger partial charge in [0, 0.05) is 0 Å². The number of hydrogen-bond donors (Lipinski definition) is 0. The fraction of sp³-hybridized carbons (Fsp3) is 1.00. The standard InChI is InChI=1S/C3H6Te/c1-2-4-3-1/h1-3H2. The van der Waals surface area contributed by atoms with E-state index in [2.05, 4.69) is 0 Å². The third-order valence-electron chi connectivity index (χ3n) is 0.577. The van der Waals surface area contributed by atoms with Gasteiger partial charge in [-0.25, -0.2) is 0 Å². The van der Waals surface area contributed by atoms with E-state index in [0.29, 0.717) is 20.9 Å². The molecule has 0 aromatic carbocycles. The minimum atomic E-state index is 0.662. The Bertz CT molecular complexity index is 11.2. The van der Waals surface area contributed by atoms with E-state index in [1.165, 1.54) is 0 Å². The first-order valence-electron chi connectivity index (χ1n) is 1.58. The Hall–Kier alpha value is 0.790. The number of rotatable bonds is 0. The summed E-state index contributed by atoms with van der Waals surface area (Å²) >= 11 is 0.662. The molecule has 1 saturated heterocycles. The van der Waals surface area contributed by atoms with E-state index in [1.54, 1.807) is 15.4 Å². The molecule has 0 radical (unpaired) electrons. The summed E-state index contributed by atoms with van der Waals surface area (Å²) in [6.07, 6.45) is 1.56. The van der Waals surface area contributed by atoms with Crippen LogP contribution >= 0.6 is 0 Å².